The minimum atomic E-state index is -1.31. The number of nitrogens with zero attached hydrogens (tertiary/aromatic N) is 4. The van der Waals surface area contributed by atoms with Crippen molar-refractivity contribution in [2.45, 2.75) is 12.5 Å². The number of nitrogens with one attached hydrogen (secondary N) is 1. The Balaban J connectivity index is 1.38. The fraction of sp³-hybridized carbons (Fsp3) is 0.318. The second-order valence-corrected chi connectivity index (χ2v) is 8.73. The minimum absolute atomic E-state index is 0.0561. The average molecular weight is 452 g/mol. The summed E-state index contributed by atoms with van der Waals surface area (Å²) in [6.07, 6.45) is 0. The van der Waals surface area contributed by atoms with Crippen LogP contribution in [0.2, 0.25) is 0 Å². The van der Waals surface area contributed by atoms with E-state index in [4.69, 9.17) is 5.26 Å². The van der Waals surface area contributed by atoms with Crippen molar-refractivity contribution in [3.63, 3.8) is 0 Å². The predicted octanol–water partition coefficient (Wildman–Crippen LogP) is 1.37. The molecule has 9 nitrogen and oxygen atoms in total. The summed E-state index contributed by atoms with van der Waals surface area (Å²) in [7, 11) is 0. The Bertz CT molecular complexity index is 1100. The first-order chi connectivity index (χ1) is 15.3. The minimum Gasteiger partial charge on any atom is -0.338 e. The summed E-state index contributed by atoms with van der Waals surface area (Å²) in [6.45, 7) is 2.68. The third-order valence-corrected chi connectivity index (χ3v) is 6.67. The Labute approximate surface area is 188 Å². The quantitative estimate of drug-likeness (QED) is 0.706. The Morgan fingerprint density at radius 1 is 1.09 bits per heavy atom. The van der Waals surface area contributed by atoms with Gasteiger partial charge in [-0.1, -0.05) is 18.2 Å². The number of benzene rings is 1. The van der Waals surface area contributed by atoms with Crippen LogP contribution >= 0.6 is 11.3 Å². The number of carbonyl (C=O) groups excluding carboxylic acids is 4. The summed E-state index contributed by atoms with van der Waals surface area (Å²) in [5.74, 6) is -0.924. The van der Waals surface area contributed by atoms with Crippen molar-refractivity contribution in [1.82, 2.24) is 20.0 Å². The number of hydrogen-bond donors (Lipinski definition) is 1. The molecule has 0 bridgehead atoms. The van der Waals surface area contributed by atoms with Gasteiger partial charge < -0.3 is 15.1 Å². The molecular weight excluding hydrogens is 430 g/mol. The lowest BCUT2D eigenvalue weighted by atomic mass is 9.91. The second kappa shape index (κ2) is 8.43. The molecule has 2 aromatic rings. The van der Waals surface area contributed by atoms with E-state index >= 15 is 0 Å². The maximum atomic E-state index is 13.0. The average Bonchev–Trinajstić information content (AvgIpc) is 3.42. The number of rotatable bonds is 4. The second-order valence-electron chi connectivity index (χ2n) is 7.79. The lowest BCUT2D eigenvalue weighted by Gasteiger charge is -2.35. The van der Waals surface area contributed by atoms with Crippen LogP contribution in [0.25, 0.3) is 0 Å². The summed E-state index contributed by atoms with van der Waals surface area (Å²) in [4.78, 5) is 55.6. The number of nitriles is 1. The van der Waals surface area contributed by atoms with Crippen molar-refractivity contribution in [3.05, 3.63) is 57.8 Å². The van der Waals surface area contributed by atoms with E-state index in [1.165, 1.54) is 11.3 Å². The van der Waals surface area contributed by atoms with Gasteiger partial charge in [-0.2, -0.15) is 5.26 Å². The Hall–Kier alpha value is -3.71. The molecule has 1 aromatic carbocycles. The molecule has 32 heavy (non-hydrogen) atoms. The molecule has 0 radical (unpaired) electrons. The van der Waals surface area contributed by atoms with Gasteiger partial charge in [0.15, 0.2) is 0 Å². The highest BCUT2D eigenvalue weighted by Crippen LogP contribution is 2.29. The first kappa shape index (κ1) is 21.5. The molecule has 0 aliphatic carbocycles. The van der Waals surface area contributed by atoms with E-state index in [1.807, 2.05) is 17.5 Å². The van der Waals surface area contributed by atoms with Crippen molar-refractivity contribution in [3.8, 4) is 6.07 Å². The number of amides is 5. The zero-order chi connectivity index (χ0) is 22.9. The molecule has 3 heterocycles. The van der Waals surface area contributed by atoms with Gasteiger partial charge in [0.1, 0.15) is 12.1 Å². The molecular formula is C22H21N5O4S. The van der Waals surface area contributed by atoms with Crippen molar-refractivity contribution < 1.29 is 19.2 Å². The highest BCUT2D eigenvalue weighted by atomic mass is 32.1. The van der Waals surface area contributed by atoms with Crippen LogP contribution < -0.4 is 5.32 Å². The van der Waals surface area contributed by atoms with Gasteiger partial charge in [0.25, 0.3) is 11.8 Å². The lowest BCUT2D eigenvalue weighted by molar-refractivity contribution is -0.139. The molecule has 1 N–H and O–H groups in total. The number of piperazine rings is 1. The summed E-state index contributed by atoms with van der Waals surface area (Å²) in [5.41, 5.74) is -0.333. The number of urea groups is 1. The molecule has 2 aliphatic heterocycles. The van der Waals surface area contributed by atoms with Crippen molar-refractivity contribution in [2.75, 3.05) is 32.7 Å². The number of hydrogen-bond acceptors (Lipinski definition) is 6. The summed E-state index contributed by atoms with van der Waals surface area (Å²) >= 11 is 1.38. The van der Waals surface area contributed by atoms with E-state index in [0.717, 1.165) is 4.90 Å². The van der Waals surface area contributed by atoms with E-state index in [1.54, 1.807) is 47.1 Å². The monoisotopic (exact) mass is 451 g/mol. The third-order valence-electron chi connectivity index (χ3n) is 5.81. The lowest BCUT2D eigenvalue weighted by Crippen LogP contribution is -2.53. The third kappa shape index (κ3) is 3.83. The van der Waals surface area contributed by atoms with Crippen LogP contribution in [0.15, 0.2) is 41.8 Å². The number of thiophene rings is 1. The summed E-state index contributed by atoms with van der Waals surface area (Å²) < 4.78 is 0. The van der Waals surface area contributed by atoms with Gasteiger partial charge in [-0.25, -0.2) is 4.79 Å². The normalized spacial score (nSPS) is 20.8. The van der Waals surface area contributed by atoms with Crippen LogP contribution in [0.4, 0.5) is 4.79 Å². The molecule has 1 atom stereocenters. The molecule has 2 aliphatic rings. The molecule has 1 aromatic heterocycles. The Kier molecular flexibility index (Phi) is 5.67. The van der Waals surface area contributed by atoms with Crippen molar-refractivity contribution in [2.24, 2.45) is 0 Å². The van der Waals surface area contributed by atoms with Crippen molar-refractivity contribution >= 4 is 35.1 Å². The maximum Gasteiger partial charge on any atom is 0.325 e. The van der Waals surface area contributed by atoms with Gasteiger partial charge in [-0.3, -0.25) is 19.3 Å². The first-order valence-corrected chi connectivity index (χ1v) is 11.0. The Morgan fingerprint density at radius 3 is 2.34 bits per heavy atom. The van der Waals surface area contributed by atoms with Gasteiger partial charge in [-0.15, -0.1) is 11.3 Å². The zero-order valence-electron chi connectivity index (χ0n) is 17.4. The SMILES string of the molecule is C[C@]1(c2ccc(C#N)cc2)NC(=O)N(CC(=O)N2CCN(C(=O)c3cccs3)CC2)C1=O. The fourth-order valence-electron chi connectivity index (χ4n) is 3.86. The van der Waals surface area contributed by atoms with E-state index < -0.39 is 17.5 Å². The molecule has 4 rings (SSSR count). The van der Waals surface area contributed by atoms with E-state index in [9.17, 15) is 19.2 Å². The van der Waals surface area contributed by atoms with Gasteiger partial charge >= 0.3 is 6.03 Å². The molecule has 5 amide bonds. The molecule has 2 saturated heterocycles. The number of imide groups is 1. The fourth-order valence-corrected chi connectivity index (χ4v) is 4.56. The smallest absolute Gasteiger partial charge is 0.325 e. The van der Waals surface area contributed by atoms with E-state index in [2.05, 4.69) is 5.32 Å². The van der Waals surface area contributed by atoms with Crippen LogP contribution in [-0.2, 0) is 15.1 Å². The van der Waals surface area contributed by atoms with Gasteiger partial charge in [-0.05, 0) is 36.1 Å². The predicted molar refractivity (Wildman–Crippen MR) is 116 cm³/mol. The molecule has 10 heteroatoms. The van der Waals surface area contributed by atoms with Gasteiger partial charge in [0.05, 0.1) is 16.5 Å². The number of carbonyl (C=O) groups is 4. The first-order valence-electron chi connectivity index (χ1n) is 10.1. The van der Waals surface area contributed by atoms with Crippen molar-refractivity contribution in [1.29, 1.82) is 5.26 Å². The molecule has 0 unspecified atom stereocenters. The van der Waals surface area contributed by atoms with Crippen LogP contribution in [0.1, 0.15) is 27.7 Å². The van der Waals surface area contributed by atoms with Crippen LogP contribution in [0.5, 0.6) is 0 Å². The standard InChI is InChI=1S/C22H21N5O4S/c1-22(16-6-4-15(13-23)5-7-16)20(30)27(21(31)24-22)14-18(28)25-8-10-26(11-9-25)19(29)17-3-2-12-32-17/h2-7,12H,8-11,14H2,1H3,(H,24,31)/t22-/m1/s1. The molecule has 2 fully saturated rings. The van der Waals surface area contributed by atoms with E-state index in [0.29, 0.717) is 42.2 Å². The van der Waals surface area contributed by atoms with Crippen LogP contribution in [-0.4, -0.2) is 71.2 Å². The molecule has 164 valence electrons. The van der Waals surface area contributed by atoms with E-state index in [-0.39, 0.29) is 18.4 Å². The molecule has 0 spiro atoms. The summed E-state index contributed by atoms with van der Waals surface area (Å²) in [5, 5.41) is 13.5. The summed E-state index contributed by atoms with van der Waals surface area (Å²) in [6, 6.07) is 11.3. The zero-order valence-corrected chi connectivity index (χ0v) is 18.2. The highest BCUT2D eigenvalue weighted by Gasteiger charge is 2.49. The Morgan fingerprint density at radius 2 is 1.75 bits per heavy atom. The van der Waals surface area contributed by atoms with Gasteiger partial charge in [0.2, 0.25) is 5.91 Å². The van der Waals surface area contributed by atoms with Crippen LogP contribution in [0.3, 0.4) is 0 Å². The topological polar surface area (TPSA) is 114 Å². The van der Waals surface area contributed by atoms with Crippen LogP contribution in [0, 0.1) is 11.3 Å². The highest BCUT2D eigenvalue weighted by molar-refractivity contribution is 7.12. The van der Waals surface area contributed by atoms with Gasteiger partial charge in [0, 0.05) is 26.2 Å². The molecule has 0 saturated carbocycles. The maximum absolute atomic E-state index is 13.0. The largest absolute Gasteiger partial charge is 0.338 e.